The van der Waals surface area contributed by atoms with Gasteiger partial charge in [-0.05, 0) is 49.3 Å². The van der Waals surface area contributed by atoms with Gasteiger partial charge in [-0.25, -0.2) is 4.39 Å². The van der Waals surface area contributed by atoms with Gasteiger partial charge >= 0.3 is 0 Å². The number of hydrogen-bond donors (Lipinski definition) is 1. The highest BCUT2D eigenvalue weighted by Crippen LogP contribution is 2.33. The van der Waals surface area contributed by atoms with E-state index in [-0.39, 0.29) is 11.7 Å². The van der Waals surface area contributed by atoms with E-state index in [0.717, 1.165) is 33.5 Å². The Hall–Kier alpha value is -0.940. The Morgan fingerprint density at radius 2 is 2.28 bits per heavy atom. The van der Waals surface area contributed by atoms with Gasteiger partial charge in [0.25, 0.3) is 0 Å². The topological polar surface area (TPSA) is 20.7 Å². The van der Waals surface area contributed by atoms with Crippen molar-refractivity contribution in [3.05, 3.63) is 50.2 Å². The second kappa shape index (κ2) is 4.31. The van der Waals surface area contributed by atoms with Gasteiger partial charge in [0.15, 0.2) is 4.77 Å². The number of rotatable bonds is 1. The predicted octanol–water partition coefficient (Wildman–Crippen LogP) is 4.10. The number of aryl methyl sites for hydroxylation is 1. The highest BCUT2D eigenvalue weighted by Gasteiger charge is 2.27. The monoisotopic (exact) mass is 326 g/mol. The second-order valence-electron chi connectivity index (χ2n) is 4.68. The van der Waals surface area contributed by atoms with Gasteiger partial charge < -0.3 is 9.55 Å². The number of halogens is 2. The summed E-state index contributed by atoms with van der Waals surface area (Å²) in [6.07, 6.45) is 0.840. The minimum absolute atomic E-state index is 0.137. The van der Waals surface area contributed by atoms with E-state index in [9.17, 15) is 4.39 Å². The highest BCUT2D eigenvalue weighted by molar-refractivity contribution is 9.10. The summed E-state index contributed by atoms with van der Waals surface area (Å²) in [5.41, 5.74) is 3.06. The number of H-pyrrole nitrogens is 1. The first-order chi connectivity index (χ1) is 8.56. The van der Waals surface area contributed by atoms with Crippen molar-refractivity contribution >= 4 is 28.1 Å². The molecule has 1 aliphatic rings. The maximum Gasteiger partial charge on any atom is 0.177 e. The van der Waals surface area contributed by atoms with Crippen LogP contribution in [-0.2, 0) is 13.0 Å². The lowest BCUT2D eigenvalue weighted by atomic mass is 9.96. The molecule has 18 heavy (non-hydrogen) atoms. The number of fused-ring (bicyclic) bond motifs is 1. The number of benzene rings is 1. The van der Waals surface area contributed by atoms with Crippen LogP contribution >= 0.6 is 28.1 Å². The van der Waals surface area contributed by atoms with E-state index in [1.807, 2.05) is 13.0 Å². The molecule has 2 nitrogen and oxygen atoms in total. The largest absolute Gasteiger partial charge is 0.335 e. The molecule has 0 spiro atoms. The van der Waals surface area contributed by atoms with E-state index in [0.29, 0.717) is 0 Å². The summed E-state index contributed by atoms with van der Waals surface area (Å²) in [6.45, 7) is 2.77. The lowest BCUT2D eigenvalue weighted by Gasteiger charge is -2.11. The van der Waals surface area contributed by atoms with E-state index >= 15 is 0 Å². The molecule has 2 aromatic rings. The fourth-order valence-corrected chi connectivity index (χ4v) is 3.35. The van der Waals surface area contributed by atoms with E-state index in [2.05, 4.69) is 25.5 Å². The molecule has 0 saturated carbocycles. The van der Waals surface area contributed by atoms with Crippen LogP contribution in [0.3, 0.4) is 0 Å². The fraction of sp³-hybridized carbons (Fsp3) is 0.308. The first-order valence-corrected chi connectivity index (χ1v) is 6.99. The highest BCUT2D eigenvalue weighted by atomic mass is 79.9. The van der Waals surface area contributed by atoms with E-state index in [1.54, 1.807) is 6.07 Å². The van der Waals surface area contributed by atoms with Gasteiger partial charge in [-0.15, -0.1) is 0 Å². The summed E-state index contributed by atoms with van der Waals surface area (Å²) >= 11 is 8.66. The average molecular weight is 327 g/mol. The van der Waals surface area contributed by atoms with Crippen LogP contribution in [0.25, 0.3) is 0 Å². The summed E-state index contributed by atoms with van der Waals surface area (Å²) in [6, 6.07) is 5.11. The van der Waals surface area contributed by atoms with Gasteiger partial charge in [0.2, 0.25) is 0 Å². The van der Waals surface area contributed by atoms with Crippen molar-refractivity contribution in [2.45, 2.75) is 25.8 Å². The van der Waals surface area contributed by atoms with Crippen LogP contribution in [0.4, 0.5) is 4.39 Å². The van der Waals surface area contributed by atoms with Gasteiger partial charge in [-0.1, -0.05) is 15.9 Å². The van der Waals surface area contributed by atoms with Crippen molar-refractivity contribution in [1.82, 2.24) is 9.55 Å². The van der Waals surface area contributed by atoms with E-state index < -0.39 is 0 Å². The molecule has 1 atom stereocenters. The lowest BCUT2D eigenvalue weighted by Crippen LogP contribution is -2.04. The molecule has 2 heterocycles. The van der Waals surface area contributed by atoms with Gasteiger partial charge in [-0.2, -0.15) is 0 Å². The standard InChI is InChI=1S/C13H12BrFN2S/c1-7-12-4-8(6-17(12)13(18)16-7)10-5-9(14)2-3-11(10)15/h2-3,5,8H,4,6H2,1H3,(H,16,18)/t8-/m0/s1. The van der Waals surface area contributed by atoms with Gasteiger partial charge in [0, 0.05) is 28.3 Å². The van der Waals surface area contributed by atoms with Crippen LogP contribution in [0, 0.1) is 17.5 Å². The van der Waals surface area contributed by atoms with Gasteiger partial charge in [-0.3, -0.25) is 0 Å². The van der Waals surface area contributed by atoms with Crippen LogP contribution in [-0.4, -0.2) is 9.55 Å². The SMILES string of the molecule is Cc1[nH]c(=S)n2c1C[C@H](c1cc(Br)ccc1F)C2. The Bertz CT molecular complexity index is 674. The third-order valence-corrected chi connectivity index (χ3v) is 4.35. The van der Waals surface area contributed by atoms with Crippen LogP contribution in [0.2, 0.25) is 0 Å². The quantitative estimate of drug-likeness (QED) is 0.782. The van der Waals surface area contributed by atoms with Crippen molar-refractivity contribution in [2.75, 3.05) is 0 Å². The summed E-state index contributed by atoms with van der Waals surface area (Å²) in [5, 5.41) is 0. The summed E-state index contributed by atoms with van der Waals surface area (Å²) in [5.74, 6) is 0.0361. The van der Waals surface area contributed by atoms with E-state index in [4.69, 9.17) is 12.2 Å². The maximum atomic E-state index is 13.9. The van der Waals surface area contributed by atoms with Gasteiger partial charge in [0.05, 0.1) is 0 Å². The Kier molecular flexibility index (Phi) is 2.90. The molecule has 0 aliphatic carbocycles. The lowest BCUT2D eigenvalue weighted by molar-refractivity contribution is 0.562. The summed E-state index contributed by atoms with van der Waals surface area (Å²) in [7, 11) is 0. The number of nitrogens with zero attached hydrogens (tertiary/aromatic N) is 1. The van der Waals surface area contributed by atoms with Crippen LogP contribution < -0.4 is 0 Å². The molecule has 1 aliphatic heterocycles. The molecule has 0 radical (unpaired) electrons. The number of hydrogen-bond acceptors (Lipinski definition) is 1. The average Bonchev–Trinajstić information content (AvgIpc) is 2.86. The Morgan fingerprint density at radius 3 is 3.00 bits per heavy atom. The van der Waals surface area contributed by atoms with Crippen molar-refractivity contribution in [3.8, 4) is 0 Å². The Labute approximate surface area is 118 Å². The number of imidazole rings is 1. The normalized spacial score (nSPS) is 18.1. The molecule has 1 aromatic carbocycles. The third kappa shape index (κ3) is 1.86. The summed E-state index contributed by atoms with van der Waals surface area (Å²) < 4.78 is 17.6. The first-order valence-electron chi connectivity index (χ1n) is 5.79. The molecule has 0 saturated heterocycles. The van der Waals surface area contributed by atoms with Crippen molar-refractivity contribution in [2.24, 2.45) is 0 Å². The zero-order valence-corrected chi connectivity index (χ0v) is 12.2. The molecule has 3 rings (SSSR count). The molecular weight excluding hydrogens is 315 g/mol. The minimum atomic E-state index is -0.137. The van der Waals surface area contributed by atoms with Crippen molar-refractivity contribution in [1.29, 1.82) is 0 Å². The van der Waals surface area contributed by atoms with E-state index in [1.165, 1.54) is 11.8 Å². The van der Waals surface area contributed by atoms with Crippen LogP contribution in [0.1, 0.15) is 22.9 Å². The van der Waals surface area contributed by atoms with Gasteiger partial charge in [0.1, 0.15) is 5.82 Å². The summed E-state index contributed by atoms with van der Waals surface area (Å²) in [4.78, 5) is 3.15. The molecular formula is C13H12BrFN2S. The molecule has 0 fully saturated rings. The Morgan fingerprint density at radius 1 is 1.50 bits per heavy atom. The number of nitrogens with one attached hydrogen (secondary N) is 1. The third-order valence-electron chi connectivity index (χ3n) is 3.54. The van der Waals surface area contributed by atoms with Crippen LogP contribution in [0.15, 0.2) is 22.7 Å². The van der Waals surface area contributed by atoms with Crippen molar-refractivity contribution in [3.63, 3.8) is 0 Å². The molecule has 1 aromatic heterocycles. The second-order valence-corrected chi connectivity index (χ2v) is 5.98. The Balaban J connectivity index is 2.01. The smallest absolute Gasteiger partial charge is 0.177 e. The molecule has 0 unspecified atom stereocenters. The number of aromatic amines is 1. The first kappa shape index (κ1) is 12.1. The maximum absolute atomic E-state index is 13.9. The molecule has 0 amide bonds. The number of aromatic nitrogens is 2. The fourth-order valence-electron chi connectivity index (χ4n) is 2.64. The zero-order chi connectivity index (χ0) is 12.9. The zero-order valence-electron chi connectivity index (χ0n) is 9.84. The molecule has 1 N–H and O–H groups in total. The van der Waals surface area contributed by atoms with Crippen LogP contribution in [0.5, 0.6) is 0 Å². The predicted molar refractivity (Wildman–Crippen MR) is 74.9 cm³/mol. The molecule has 5 heteroatoms. The molecule has 0 bridgehead atoms. The van der Waals surface area contributed by atoms with Crippen molar-refractivity contribution < 1.29 is 4.39 Å². The molecule has 94 valence electrons. The minimum Gasteiger partial charge on any atom is -0.335 e.